The minimum atomic E-state index is -0.433. The van der Waals surface area contributed by atoms with Gasteiger partial charge in [-0.25, -0.2) is 4.98 Å². The van der Waals surface area contributed by atoms with Gasteiger partial charge in [0.2, 0.25) is 5.91 Å². The number of fused-ring (bicyclic) bond motifs is 1. The van der Waals surface area contributed by atoms with E-state index in [4.69, 9.17) is 5.73 Å². The summed E-state index contributed by atoms with van der Waals surface area (Å²) in [6, 6.07) is -0.0506. The van der Waals surface area contributed by atoms with E-state index in [1.165, 1.54) is 29.5 Å². The molecule has 0 saturated carbocycles. The van der Waals surface area contributed by atoms with E-state index < -0.39 is 5.91 Å². The summed E-state index contributed by atoms with van der Waals surface area (Å²) in [6.45, 7) is 5.80. The summed E-state index contributed by atoms with van der Waals surface area (Å²) in [4.78, 5) is 35.3. The molecule has 0 aliphatic carbocycles. The molecule has 2 aromatic heterocycles. The molecule has 1 aliphatic heterocycles. The Morgan fingerprint density at radius 3 is 2.62 bits per heavy atom. The lowest BCUT2D eigenvalue weighted by Gasteiger charge is -2.25. The third kappa shape index (κ3) is 3.41. The van der Waals surface area contributed by atoms with Crippen LogP contribution in [-0.2, 0) is 4.79 Å². The molecular weight excluding hydrogens is 346 g/mol. The van der Waals surface area contributed by atoms with Crippen LogP contribution in [0.3, 0.4) is 0 Å². The van der Waals surface area contributed by atoms with Crippen LogP contribution in [0.2, 0.25) is 0 Å². The first-order chi connectivity index (χ1) is 11.5. The zero-order valence-corrected chi connectivity index (χ0v) is 15.5. The normalized spacial score (nSPS) is 15.4. The fourth-order valence-electron chi connectivity index (χ4n) is 2.77. The Morgan fingerprint density at radius 2 is 2.00 bits per heavy atom. The molecule has 0 unspecified atom stereocenters. The number of nitrogens with zero attached hydrogens (tertiary/aromatic N) is 4. The van der Waals surface area contributed by atoms with Crippen molar-refractivity contribution >= 4 is 44.5 Å². The van der Waals surface area contributed by atoms with Gasteiger partial charge in [0.05, 0.1) is 5.75 Å². The van der Waals surface area contributed by atoms with Crippen molar-refractivity contribution in [2.45, 2.75) is 44.3 Å². The molecule has 0 radical (unpaired) electrons. The fourth-order valence-corrected chi connectivity index (χ4v) is 4.62. The highest BCUT2D eigenvalue weighted by atomic mass is 32.2. The van der Waals surface area contributed by atoms with Gasteiger partial charge in [0, 0.05) is 19.1 Å². The van der Waals surface area contributed by atoms with E-state index in [1.807, 2.05) is 13.8 Å². The first kappa shape index (κ1) is 17.2. The van der Waals surface area contributed by atoms with Gasteiger partial charge in [-0.3, -0.25) is 14.2 Å². The lowest BCUT2D eigenvalue weighted by Crippen LogP contribution is -2.29. The second-order valence-electron chi connectivity index (χ2n) is 6.12. The first-order valence-electron chi connectivity index (χ1n) is 8.06. The lowest BCUT2D eigenvalue weighted by atomic mass is 10.1. The van der Waals surface area contributed by atoms with Crippen LogP contribution in [-0.4, -0.2) is 39.3 Å². The van der Waals surface area contributed by atoms with Crippen LogP contribution in [0.25, 0.3) is 10.3 Å². The second-order valence-corrected chi connectivity index (χ2v) is 8.04. The zero-order chi connectivity index (χ0) is 17.3. The SMILES string of the molecule is CC(C)n1c(SCC(N)=O)nc2nc(N3CCCCC3)sc2c1=O. The summed E-state index contributed by atoms with van der Waals surface area (Å²) in [7, 11) is 0. The Balaban J connectivity index is 2.06. The number of nitrogens with two attached hydrogens (primary N) is 1. The number of thiazole rings is 1. The summed E-state index contributed by atoms with van der Waals surface area (Å²) in [6.07, 6.45) is 3.55. The van der Waals surface area contributed by atoms with E-state index >= 15 is 0 Å². The van der Waals surface area contributed by atoms with Gasteiger partial charge in [-0.2, -0.15) is 4.98 Å². The maximum Gasteiger partial charge on any atom is 0.274 e. The molecule has 0 spiro atoms. The molecule has 7 nitrogen and oxygen atoms in total. The van der Waals surface area contributed by atoms with E-state index in [1.54, 1.807) is 4.57 Å². The van der Waals surface area contributed by atoms with Crippen LogP contribution >= 0.6 is 23.1 Å². The molecule has 0 atom stereocenters. The highest BCUT2D eigenvalue weighted by Gasteiger charge is 2.21. The van der Waals surface area contributed by atoms with Gasteiger partial charge in [0.15, 0.2) is 15.9 Å². The number of primary amides is 1. The van der Waals surface area contributed by atoms with E-state index in [0.717, 1.165) is 31.1 Å². The van der Waals surface area contributed by atoms with Crippen molar-refractivity contribution in [3.63, 3.8) is 0 Å². The Labute approximate surface area is 148 Å². The topological polar surface area (TPSA) is 94.1 Å². The van der Waals surface area contributed by atoms with Crippen molar-refractivity contribution in [3.05, 3.63) is 10.4 Å². The lowest BCUT2D eigenvalue weighted by molar-refractivity contribution is -0.115. The number of anilines is 1. The summed E-state index contributed by atoms with van der Waals surface area (Å²) in [5, 5.41) is 1.36. The molecule has 0 bridgehead atoms. The molecule has 130 valence electrons. The minimum Gasteiger partial charge on any atom is -0.369 e. The average Bonchev–Trinajstić information content (AvgIpc) is 2.98. The second kappa shape index (κ2) is 7.10. The number of piperidine rings is 1. The number of amides is 1. The van der Waals surface area contributed by atoms with E-state index in [2.05, 4.69) is 14.9 Å². The third-order valence-electron chi connectivity index (χ3n) is 3.91. The van der Waals surface area contributed by atoms with Crippen molar-refractivity contribution in [3.8, 4) is 0 Å². The van der Waals surface area contributed by atoms with Gasteiger partial charge in [0.25, 0.3) is 5.56 Å². The van der Waals surface area contributed by atoms with Crippen LogP contribution < -0.4 is 16.2 Å². The molecule has 1 fully saturated rings. The molecular formula is C15H21N5O2S2. The van der Waals surface area contributed by atoms with Crippen molar-refractivity contribution in [1.29, 1.82) is 0 Å². The summed E-state index contributed by atoms with van der Waals surface area (Å²) in [5.74, 6) is -0.342. The molecule has 1 amide bonds. The van der Waals surface area contributed by atoms with Crippen LogP contribution in [0, 0.1) is 0 Å². The number of carbonyl (C=O) groups excluding carboxylic acids is 1. The van der Waals surface area contributed by atoms with Gasteiger partial charge >= 0.3 is 0 Å². The van der Waals surface area contributed by atoms with E-state index in [9.17, 15) is 9.59 Å². The van der Waals surface area contributed by atoms with Gasteiger partial charge in [-0.1, -0.05) is 23.1 Å². The van der Waals surface area contributed by atoms with Crippen LogP contribution in [0.5, 0.6) is 0 Å². The Hall–Kier alpha value is -1.61. The van der Waals surface area contributed by atoms with Crippen molar-refractivity contribution in [2.24, 2.45) is 5.73 Å². The Kier molecular flexibility index (Phi) is 5.09. The average molecular weight is 368 g/mol. The fraction of sp³-hybridized carbons (Fsp3) is 0.600. The zero-order valence-electron chi connectivity index (χ0n) is 13.8. The molecule has 3 heterocycles. The summed E-state index contributed by atoms with van der Waals surface area (Å²) in [5.41, 5.74) is 5.60. The number of hydrogen-bond acceptors (Lipinski definition) is 7. The summed E-state index contributed by atoms with van der Waals surface area (Å²) >= 11 is 2.60. The predicted molar refractivity (Wildman–Crippen MR) is 98.0 cm³/mol. The molecule has 2 N–H and O–H groups in total. The standard InChI is InChI=1S/C15H21N5O2S2/c1-9(2)20-13(22)11-12(18-15(20)23-8-10(16)21)17-14(24-11)19-6-4-3-5-7-19/h9H,3-8H2,1-2H3,(H2,16,21). The molecule has 2 aromatic rings. The highest BCUT2D eigenvalue weighted by molar-refractivity contribution is 7.99. The van der Waals surface area contributed by atoms with Crippen molar-refractivity contribution in [2.75, 3.05) is 23.7 Å². The smallest absolute Gasteiger partial charge is 0.274 e. The monoisotopic (exact) mass is 367 g/mol. The van der Waals surface area contributed by atoms with Crippen molar-refractivity contribution in [1.82, 2.24) is 14.5 Å². The quantitative estimate of drug-likeness (QED) is 0.642. The summed E-state index contributed by atoms with van der Waals surface area (Å²) < 4.78 is 2.20. The predicted octanol–water partition coefficient (Wildman–Crippen LogP) is 2.00. The maximum absolute atomic E-state index is 12.9. The Bertz CT molecular complexity index is 808. The van der Waals surface area contributed by atoms with Crippen LogP contribution in [0.1, 0.15) is 39.2 Å². The van der Waals surface area contributed by atoms with Gasteiger partial charge in [0.1, 0.15) is 4.70 Å². The maximum atomic E-state index is 12.9. The van der Waals surface area contributed by atoms with E-state index in [-0.39, 0.29) is 17.4 Å². The highest BCUT2D eigenvalue weighted by Crippen LogP contribution is 2.29. The van der Waals surface area contributed by atoms with Crippen LogP contribution in [0.15, 0.2) is 9.95 Å². The number of thioether (sulfide) groups is 1. The van der Waals surface area contributed by atoms with Gasteiger partial charge in [-0.05, 0) is 33.1 Å². The number of rotatable bonds is 5. The molecule has 1 saturated heterocycles. The molecule has 9 heteroatoms. The Morgan fingerprint density at radius 1 is 1.29 bits per heavy atom. The van der Waals surface area contributed by atoms with Gasteiger partial charge < -0.3 is 10.6 Å². The first-order valence-corrected chi connectivity index (χ1v) is 9.86. The largest absolute Gasteiger partial charge is 0.369 e. The molecule has 24 heavy (non-hydrogen) atoms. The van der Waals surface area contributed by atoms with Gasteiger partial charge in [-0.15, -0.1) is 0 Å². The van der Waals surface area contributed by atoms with Crippen LogP contribution in [0.4, 0.5) is 5.13 Å². The third-order valence-corrected chi connectivity index (χ3v) is 5.97. The molecule has 1 aliphatic rings. The van der Waals surface area contributed by atoms with Crippen molar-refractivity contribution < 1.29 is 4.79 Å². The molecule has 3 rings (SSSR count). The minimum absolute atomic E-state index is 0.0506. The molecule has 0 aromatic carbocycles. The van der Waals surface area contributed by atoms with E-state index in [0.29, 0.717) is 15.5 Å². The number of hydrogen-bond donors (Lipinski definition) is 1. The number of carbonyl (C=O) groups is 1. The number of aromatic nitrogens is 3.